The van der Waals surface area contributed by atoms with E-state index in [0.717, 1.165) is 37.9 Å². The van der Waals surface area contributed by atoms with E-state index in [1.807, 2.05) is 11.0 Å². The molecule has 0 bridgehead atoms. The summed E-state index contributed by atoms with van der Waals surface area (Å²) >= 11 is 0. The van der Waals surface area contributed by atoms with Crippen molar-refractivity contribution in [3.63, 3.8) is 0 Å². The summed E-state index contributed by atoms with van der Waals surface area (Å²) in [5.74, 6) is -0.311. The van der Waals surface area contributed by atoms with Gasteiger partial charge in [-0.05, 0) is 43.9 Å². The molecule has 1 N–H and O–H groups in total. The third kappa shape index (κ3) is 3.56. The summed E-state index contributed by atoms with van der Waals surface area (Å²) in [6.45, 7) is 5.01. The maximum absolute atomic E-state index is 13.4. The van der Waals surface area contributed by atoms with Crippen molar-refractivity contribution >= 4 is 5.91 Å². The lowest BCUT2D eigenvalue weighted by molar-refractivity contribution is -0.140. The molecule has 4 nitrogen and oxygen atoms in total. The Morgan fingerprint density at radius 2 is 2.00 bits per heavy atom. The monoisotopic (exact) mass is 320 g/mol. The van der Waals surface area contributed by atoms with E-state index >= 15 is 0 Å². The molecule has 0 radical (unpaired) electrons. The summed E-state index contributed by atoms with van der Waals surface area (Å²) < 4.78 is 13.4. The molecule has 2 aliphatic rings. The van der Waals surface area contributed by atoms with Crippen molar-refractivity contribution in [2.45, 2.75) is 38.3 Å². The lowest BCUT2D eigenvalue weighted by atomic mass is 10.0. The largest absolute Gasteiger partial charge is 0.392 e. The van der Waals surface area contributed by atoms with Crippen LogP contribution in [-0.4, -0.2) is 53.1 Å². The van der Waals surface area contributed by atoms with Crippen LogP contribution < -0.4 is 0 Å². The second-order valence-corrected chi connectivity index (χ2v) is 6.70. The average Bonchev–Trinajstić information content (AvgIpc) is 3.00. The molecule has 3 unspecified atom stereocenters. The zero-order valence-electron chi connectivity index (χ0n) is 13.6. The number of aliphatic hydroxyl groups is 1. The van der Waals surface area contributed by atoms with Gasteiger partial charge in [0.15, 0.2) is 0 Å². The van der Waals surface area contributed by atoms with Crippen LogP contribution in [-0.2, 0) is 4.79 Å². The van der Waals surface area contributed by atoms with Crippen LogP contribution in [0, 0.1) is 11.7 Å². The van der Waals surface area contributed by atoms with Crippen molar-refractivity contribution in [3.05, 3.63) is 35.6 Å². The molecule has 126 valence electrons. The standard InChI is InChI=1S/C18H25FN2O2/c1-13(14-4-2-5-15(19)12-14)20-8-10-21(11-9-20)18(23)16-6-3-7-17(16)22/h2,4-5,12-13,16-17,22H,3,6-11H2,1H3. The number of nitrogens with zero attached hydrogens (tertiary/aromatic N) is 2. The van der Waals surface area contributed by atoms with Crippen molar-refractivity contribution in [1.82, 2.24) is 9.80 Å². The van der Waals surface area contributed by atoms with E-state index < -0.39 is 6.10 Å². The molecule has 1 aromatic rings. The van der Waals surface area contributed by atoms with E-state index in [9.17, 15) is 14.3 Å². The van der Waals surface area contributed by atoms with Gasteiger partial charge in [0.25, 0.3) is 0 Å². The Morgan fingerprint density at radius 3 is 2.61 bits per heavy atom. The molecule has 1 aromatic carbocycles. The molecule has 3 atom stereocenters. The van der Waals surface area contributed by atoms with E-state index in [4.69, 9.17) is 0 Å². The third-order valence-electron chi connectivity index (χ3n) is 5.30. The van der Waals surface area contributed by atoms with Gasteiger partial charge in [-0.3, -0.25) is 9.69 Å². The predicted molar refractivity (Wildman–Crippen MR) is 86.3 cm³/mol. The first-order valence-electron chi connectivity index (χ1n) is 8.52. The number of halogens is 1. The lowest BCUT2D eigenvalue weighted by Crippen LogP contribution is -2.51. The van der Waals surface area contributed by atoms with Crippen LogP contribution in [0.25, 0.3) is 0 Å². The first-order chi connectivity index (χ1) is 11.1. The quantitative estimate of drug-likeness (QED) is 0.928. The molecule has 1 heterocycles. The summed E-state index contributed by atoms with van der Waals surface area (Å²) in [5.41, 5.74) is 0.969. The molecule has 1 aliphatic heterocycles. The van der Waals surface area contributed by atoms with Gasteiger partial charge in [-0.2, -0.15) is 0 Å². The van der Waals surface area contributed by atoms with Crippen LogP contribution in [0.2, 0.25) is 0 Å². The summed E-state index contributed by atoms with van der Waals surface area (Å²) in [6, 6.07) is 6.86. The molecule has 0 aromatic heterocycles. The van der Waals surface area contributed by atoms with Crippen molar-refractivity contribution in [1.29, 1.82) is 0 Å². The number of benzene rings is 1. The van der Waals surface area contributed by atoms with Crippen LogP contribution in [0.3, 0.4) is 0 Å². The smallest absolute Gasteiger partial charge is 0.228 e. The zero-order valence-corrected chi connectivity index (χ0v) is 13.6. The minimum atomic E-state index is -0.466. The van der Waals surface area contributed by atoms with E-state index in [1.54, 1.807) is 12.1 Å². The minimum absolute atomic E-state index is 0.105. The summed E-state index contributed by atoms with van der Waals surface area (Å²) in [7, 11) is 0. The van der Waals surface area contributed by atoms with Gasteiger partial charge in [-0.15, -0.1) is 0 Å². The van der Waals surface area contributed by atoms with Crippen LogP contribution in [0.15, 0.2) is 24.3 Å². The molecule has 0 spiro atoms. The minimum Gasteiger partial charge on any atom is -0.392 e. The van der Waals surface area contributed by atoms with E-state index in [-0.39, 0.29) is 23.7 Å². The van der Waals surface area contributed by atoms with Gasteiger partial charge < -0.3 is 10.0 Å². The maximum atomic E-state index is 13.4. The lowest BCUT2D eigenvalue weighted by Gasteiger charge is -2.39. The van der Waals surface area contributed by atoms with E-state index in [1.165, 1.54) is 6.07 Å². The molecule has 1 amide bonds. The van der Waals surface area contributed by atoms with Crippen molar-refractivity contribution in [3.8, 4) is 0 Å². The molecule has 2 fully saturated rings. The Kier molecular flexibility index (Phi) is 4.97. The van der Waals surface area contributed by atoms with Gasteiger partial charge in [0, 0.05) is 32.2 Å². The highest BCUT2D eigenvalue weighted by molar-refractivity contribution is 5.79. The van der Waals surface area contributed by atoms with Crippen LogP contribution in [0.1, 0.15) is 37.8 Å². The van der Waals surface area contributed by atoms with Gasteiger partial charge in [0.05, 0.1) is 12.0 Å². The van der Waals surface area contributed by atoms with Crippen molar-refractivity contribution in [2.24, 2.45) is 5.92 Å². The van der Waals surface area contributed by atoms with E-state index in [2.05, 4.69) is 11.8 Å². The summed E-state index contributed by atoms with van der Waals surface area (Å²) in [4.78, 5) is 16.7. The molecule has 3 rings (SSSR count). The molecule has 23 heavy (non-hydrogen) atoms. The van der Waals surface area contributed by atoms with Gasteiger partial charge in [0.2, 0.25) is 5.91 Å². The number of amides is 1. The molecular formula is C18H25FN2O2. The molecule has 5 heteroatoms. The molecule has 1 aliphatic carbocycles. The molecule has 1 saturated heterocycles. The Hall–Kier alpha value is -1.46. The number of hydrogen-bond acceptors (Lipinski definition) is 3. The topological polar surface area (TPSA) is 43.8 Å². The Bertz CT molecular complexity index is 558. The highest BCUT2D eigenvalue weighted by Crippen LogP contribution is 2.28. The summed E-state index contributed by atoms with van der Waals surface area (Å²) in [5, 5.41) is 9.91. The fourth-order valence-corrected chi connectivity index (χ4v) is 3.77. The Morgan fingerprint density at radius 1 is 1.26 bits per heavy atom. The fourth-order valence-electron chi connectivity index (χ4n) is 3.77. The zero-order chi connectivity index (χ0) is 16.4. The van der Waals surface area contributed by atoms with Gasteiger partial charge in [0.1, 0.15) is 5.82 Å². The second kappa shape index (κ2) is 6.97. The predicted octanol–water partition coefficient (Wildman–Crippen LogP) is 2.19. The highest BCUT2D eigenvalue weighted by Gasteiger charge is 2.35. The first kappa shape index (κ1) is 16.4. The van der Waals surface area contributed by atoms with Gasteiger partial charge >= 0.3 is 0 Å². The summed E-state index contributed by atoms with van der Waals surface area (Å²) in [6.07, 6.45) is 2.02. The van der Waals surface area contributed by atoms with E-state index in [0.29, 0.717) is 13.1 Å². The van der Waals surface area contributed by atoms with Crippen LogP contribution >= 0.6 is 0 Å². The van der Waals surface area contributed by atoms with Crippen LogP contribution in [0.4, 0.5) is 4.39 Å². The first-order valence-corrected chi connectivity index (χ1v) is 8.52. The fraction of sp³-hybridized carbons (Fsp3) is 0.611. The highest BCUT2D eigenvalue weighted by atomic mass is 19.1. The van der Waals surface area contributed by atoms with Gasteiger partial charge in [-0.25, -0.2) is 4.39 Å². The van der Waals surface area contributed by atoms with Gasteiger partial charge in [-0.1, -0.05) is 12.1 Å². The van der Waals surface area contributed by atoms with Crippen molar-refractivity contribution in [2.75, 3.05) is 26.2 Å². The normalized spacial score (nSPS) is 27.2. The number of hydrogen-bond donors (Lipinski definition) is 1. The SMILES string of the molecule is CC(c1cccc(F)c1)N1CCN(C(=O)C2CCCC2O)CC1. The number of carbonyl (C=O) groups is 1. The number of piperazine rings is 1. The number of aliphatic hydroxyl groups excluding tert-OH is 1. The Balaban J connectivity index is 1.57. The van der Waals surface area contributed by atoms with Crippen LogP contribution in [0.5, 0.6) is 0 Å². The average molecular weight is 320 g/mol. The number of rotatable bonds is 3. The second-order valence-electron chi connectivity index (χ2n) is 6.70. The molecule has 1 saturated carbocycles. The Labute approximate surface area is 136 Å². The molecular weight excluding hydrogens is 295 g/mol. The number of carbonyl (C=O) groups excluding carboxylic acids is 1. The van der Waals surface area contributed by atoms with Crippen molar-refractivity contribution < 1.29 is 14.3 Å². The third-order valence-corrected chi connectivity index (χ3v) is 5.30. The maximum Gasteiger partial charge on any atom is 0.228 e.